The number of carbonyl (C=O) groups is 1. The highest BCUT2D eigenvalue weighted by molar-refractivity contribution is 5.83. The van der Waals surface area contributed by atoms with Gasteiger partial charge in [0.05, 0.1) is 0 Å². The minimum absolute atomic E-state index is 0.0198. The maximum absolute atomic E-state index is 12.8. The molecule has 3 aromatic rings. The molecule has 0 aromatic heterocycles. The molecule has 2 N–H and O–H groups in total. The highest BCUT2D eigenvalue weighted by atomic mass is 16.2. The molecule has 0 saturated carbocycles. The Bertz CT molecular complexity index is 814. The fourth-order valence-electron chi connectivity index (χ4n) is 2.82. The van der Waals surface area contributed by atoms with E-state index in [4.69, 9.17) is 0 Å². The van der Waals surface area contributed by atoms with Gasteiger partial charge in [-0.25, -0.2) is 0 Å². The highest BCUT2D eigenvalue weighted by Crippen LogP contribution is 2.16. The van der Waals surface area contributed by atoms with E-state index in [1.54, 1.807) is 0 Å². The number of rotatable bonds is 7. The first-order chi connectivity index (χ1) is 12.7. The Hall–Kier alpha value is -2.91. The lowest BCUT2D eigenvalue weighted by atomic mass is 10.0. The maximum atomic E-state index is 12.8. The van der Waals surface area contributed by atoms with E-state index in [1.807, 2.05) is 79.7 Å². The molecule has 3 rings (SSSR count). The molecule has 0 radical (unpaired) electrons. The molecule has 1 unspecified atom stereocenters. The Kier molecular flexibility index (Phi) is 6.18. The summed E-state index contributed by atoms with van der Waals surface area (Å²) in [6.45, 7) is 3.21. The van der Waals surface area contributed by atoms with Gasteiger partial charge < -0.3 is 5.32 Å². The molecule has 26 heavy (non-hydrogen) atoms. The van der Waals surface area contributed by atoms with Crippen molar-refractivity contribution in [3.8, 4) is 0 Å². The van der Waals surface area contributed by atoms with Gasteiger partial charge in [0.15, 0.2) is 0 Å². The van der Waals surface area contributed by atoms with Gasteiger partial charge in [0.2, 0.25) is 5.91 Å². The largest absolute Gasteiger partial charge is 0.350 e. The quantitative estimate of drug-likeness (QED) is 0.676. The molecule has 0 spiro atoms. The molecule has 0 heterocycles. The summed E-state index contributed by atoms with van der Waals surface area (Å²) in [5, 5.41) is 6.44. The van der Waals surface area contributed by atoms with Crippen LogP contribution in [0.5, 0.6) is 0 Å². The zero-order chi connectivity index (χ0) is 18.2. The second-order valence-corrected chi connectivity index (χ2v) is 6.41. The predicted octanol–water partition coefficient (Wildman–Crippen LogP) is 4.14. The van der Waals surface area contributed by atoms with Gasteiger partial charge in [0.1, 0.15) is 6.04 Å². The van der Waals surface area contributed by atoms with Crippen LogP contribution in [0.4, 0.5) is 0 Å². The molecule has 132 valence electrons. The van der Waals surface area contributed by atoms with Crippen molar-refractivity contribution in [2.45, 2.75) is 26.1 Å². The third kappa shape index (κ3) is 5.04. The summed E-state index contributed by atoms with van der Waals surface area (Å²) >= 11 is 0. The third-order valence-corrected chi connectivity index (χ3v) is 4.34. The van der Waals surface area contributed by atoms with Crippen molar-refractivity contribution in [3.05, 3.63) is 107 Å². The van der Waals surface area contributed by atoms with E-state index in [1.165, 1.54) is 5.56 Å². The van der Waals surface area contributed by atoms with Crippen LogP contribution in [0.1, 0.15) is 28.3 Å². The van der Waals surface area contributed by atoms with Crippen molar-refractivity contribution in [3.63, 3.8) is 0 Å². The van der Waals surface area contributed by atoms with Gasteiger partial charge in [0, 0.05) is 13.1 Å². The molecule has 1 atom stereocenters. The first-order valence-corrected chi connectivity index (χ1v) is 8.88. The van der Waals surface area contributed by atoms with Gasteiger partial charge in [-0.15, -0.1) is 0 Å². The van der Waals surface area contributed by atoms with Gasteiger partial charge in [-0.1, -0.05) is 90.5 Å². The lowest BCUT2D eigenvalue weighted by molar-refractivity contribution is -0.123. The van der Waals surface area contributed by atoms with Crippen LogP contribution >= 0.6 is 0 Å². The molecule has 3 nitrogen and oxygen atoms in total. The second kappa shape index (κ2) is 8.97. The monoisotopic (exact) mass is 344 g/mol. The molecule has 0 aliphatic rings. The molecule has 0 bridgehead atoms. The van der Waals surface area contributed by atoms with Crippen molar-refractivity contribution in [1.29, 1.82) is 0 Å². The Labute approximate surface area is 155 Å². The molecule has 0 fully saturated rings. The average molecular weight is 344 g/mol. The lowest BCUT2D eigenvalue weighted by Crippen LogP contribution is -2.37. The molecule has 0 saturated heterocycles. The van der Waals surface area contributed by atoms with Crippen LogP contribution in [0.3, 0.4) is 0 Å². The first-order valence-electron chi connectivity index (χ1n) is 8.88. The average Bonchev–Trinajstić information content (AvgIpc) is 2.69. The van der Waals surface area contributed by atoms with Gasteiger partial charge >= 0.3 is 0 Å². The van der Waals surface area contributed by atoms with E-state index in [2.05, 4.69) is 22.8 Å². The Balaban J connectivity index is 1.71. The van der Waals surface area contributed by atoms with Crippen LogP contribution in [-0.4, -0.2) is 5.91 Å². The minimum atomic E-state index is -0.389. The smallest absolute Gasteiger partial charge is 0.242 e. The molecule has 3 heteroatoms. The summed E-state index contributed by atoms with van der Waals surface area (Å²) in [4.78, 5) is 12.8. The van der Waals surface area contributed by atoms with Crippen LogP contribution in [0, 0.1) is 6.92 Å². The standard InChI is InChI=1S/C23H24N2O/c1-18-12-14-21(15-13-18)22(24-16-19-8-4-2-5-9-19)23(26)25-17-20-10-6-3-7-11-20/h2-15,22,24H,16-17H2,1H3,(H,25,26). The van der Waals surface area contributed by atoms with Crippen molar-refractivity contribution in [1.82, 2.24) is 10.6 Å². The number of hydrogen-bond donors (Lipinski definition) is 2. The Morgan fingerprint density at radius 3 is 1.88 bits per heavy atom. The van der Waals surface area contributed by atoms with E-state index < -0.39 is 0 Å². The molecular weight excluding hydrogens is 320 g/mol. The molecule has 3 aromatic carbocycles. The fourth-order valence-corrected chi connectivity index (χ4v) is 2.82. The zero-order valence-electron chi connectivity index (χ0n) is 15.0. The third-order valence-electron chi connectivity index (χ3n) is 4.34. The molecular formula is C23H24N2O. The first kappa shape index (κ1) is 17.9. The minimum Gasteiger partial charge on any atom is -0.350 e. The number of carbonyl (C=O) groups excluding carboxylic acids is 1. The van der Waals surface area contributed by atoms with E-state index in [9.17, 15) is 4.79 Å². The summed E-state index contributed by atoms with van der Waals surface area (Å²) in [7, 11) is 0. The highest BCUT2D eigenvalue weighted by Gasteiger charge is 2.19. The Morgan fingerprint density at radius 1 is 0.769 bits per heavy atom. The van der Waals surface area contributed by atoms with E-state index in [0.717, 1.165) is 16.7 Å². The molecule has 0 aliphatic carbocycles. The summed E-state index contributed by atoms with van der Waals surface area (Å²) in [5.74, 6) is -0.0198. The van der Waals surface area contributed by atoms with Crippen molar-refractivity contribution in [2.24, 2.45) is 0 Å². The van der Waals surface area contributed by atoms with Crippen molar-refractivity contribution in [2.75, 3.05) is 0 Å². The van der Waals surface area contributed by atoms with Crippen LogP contribution in [-0.2, 0) is 17.9 Å². The normalized spacial score (nSPS) is 11.7. The topological polar surface area (TPSA) is 41.1 Å². The molecule has 1 amide bonds. The van der Waals surface area contributed by atoms with Crippen LogP contribution < -0.4 is 10.6 Å². The second-order valence-electron chi connectivity index (χ2n) is 6.41. The van der Waals surface area contributed by atoms with E-state index >= 15 is 0 Å². The number of nitrogens with one attached hydrogen (secondary N) is 2. The van der Waals surface area contributed by atoms with Crippen LogP contribution in [0.2, 0.25) is 0 Å². The fraction of sp³-hybridized carbons (Fsp3) is 0.174. The summed E-state index contributed by atoms with van der Waals surface area (Å²) in [6.07, 6.45) is 0. The van der Waals surface area contributed by atoms with E-state index in [0.29, 0.717) is 13.1 Å². The van der Waals surface area contributed by atoms with Crippen molar-refractivity contribution < 1.29 is 4.79 Å². The SMILES string of the molecule is Cc1ccc(C(NCc2ccccc2)C(=O)NCc2ccccc2)cc1. The van der Waals surface area contributed by atoms with Crippen LogP contribution in [0.25, 0.3) is 0 Å². The van der Waals surface area contributed by atoms with Gasteiger partial charge in [-0.05, 0) is 23.6 Å². The number of aryl methyl sites for hydroxylation is 1. The summed E-state index contributed by atoms with van der Waals surface area (Å²) in [5.41, 5.74) is 4.39. The van der Waals surface area contributed by atoms with Crippen LogP contribution in [0.15, 0.2) is 84.9 Å². The van der Waals surface area contributed by atoms with Gasteiger partial charge in [-0.2, -0.15) is 0 Å². The maximum Gasteiger partial charge on any atom is 0.242 e. The molecule has 0 aliphatic heterocycles. The van der Waals surface area contributed by atoms with E-state index in [-0.39, 0.29) is 11.9 Å². The lowest BCUT2D eigenvalue weighted by Gasteiger charge is -2.19. The summed E-state index contributed by atoms with van der Waals surface area (Å²) in [6, 6.07) is 27.8. The number of benzene rings is 3. The zero-order valence-corrected chi connectivity index (χ0v) is 15.0. The number of hydrogen-bond acceptors (Lipinski definition) is 2. The van der Waals surface area contributed by atoms with Gasteiger partial charge in [-0.3, -0.25) is 10.1 Å². The predicted molar refractivity (Wildman–Crippen MR) is 105 cm³/mol. The number of amides is 1. The Morgan fingerprint density at radius 2 is 1.31 bits per heavy atom. The summed E-state index contributed by atoms with van der Waals surface area (Å²) < 4.78 is 0. The van der Waals surface area contributed by atoms with Gasteiger partial charge in [0.25, 0.3) is 0 Å². The van der Waals surface area contributed by atoms with Crippen molar-refractivity contribution >= 4 is 5.91 Å².